The van der Waals surface area contributed by atoms with Crippen molar-refractivity contribution in [1.29, 1.82) is 0 Å². The van der Waals surface area contributed by atoms with Crippen LogP contribution in [0.4, 0.5) is 0 Å². The number of carboxylic acid groups (broad SMARTS) is 1. The molecule has 0 radical (unpaired) electrons. The molecule has 4 rings (SSSR count). The lowest BCUT2D eigenvalue weighted by Crippen LogP contribution is -2.48. The Kier molecular flexibility index (Phi) is 4.51. The maximum atomic E-state index is 11.8. The Morgan fingerprint density at radius 1 is 1.07 bits per heavy atom. The van der Waals surface area contributed by atoms with Gasteiger partial charge in [-0.25, -0.2) is 4.79 Å². The van der Waals surface area contributed by atoms with E-state index in [9.17, 15) is 14.7 Å². The molecule has 4 heteroatoms. The van der Waals surface area contributed by atoms with Crippen LogP contribution in [0.1, 0.15) is 78.6 Å². The number of rotatable bonds is 2. The summed E-state index contributed by atoms with van der Waals surface area (Å²) in [5.41, 5.74) is 2.76. The van der Waals surface area contributed by atoms with Gasteiger partial charge in [-0.2, -0.15) is 0 Å². The van der Waals surface area contributed by atoms with Crippen molar-refractivity contribution in [3.8, 4) is 0 Å². The highest BCUT2D eigenvalue weighted by molar-refractivity contribution is 5.88. The van der Waals surface area contributed by atoms with E-state index in [2.05, 4.69) is 19.9 Å². The zero-order valence-corrected chi connectivity index (χ0v) is 16.8. The smallest absolute Gasteiger partial charge is 0.371 e. The van der Waals surface area contributed by atoms with Gasteiger partial charge >= 0.3 is 11.9 Å². The number of hydrogen-bond acceptors (Lipinski definition) is 3. The van der Waals surface area contributed by atoms with Gasteiger partial charge in [0.25, 0.3) is 0 Å². The molecule has 27 heavy (non-hydrogen) atoms. The highest BCUT2D eigenvalue weighted by Gasteiger charge is 2.57. The summed E-state index contributed by atoms with van der Waals surface area (Å²) in [6.45, 7) is 6.00. The van der Waals surface area contributed by atoms with E-state index in [4.69, 9.17) is 4.74 Å². The number of allylic oxidation sites excluding steroid dienone is 3. The minimum atomic E-state index is -1.10. The predicted molar refractivity (Wildman–Crippen MR) is 103 cm³/mol. The predicted octanol–water partition coefficient (Wildman–Crippen LogP) is 5.24. The Morgan fingerprint density at radius 3 is 2.52 bits per heavy atom. The van der Waals surface area contributed by atoms with Gasteiger partial charge in [-0.3, -0.25) is 4.79 Å². The third-order valence-corrected chi connectivity index (χ3v) is 8.52. The Balaban J connectivity index is 1.70. The van der Waals surface area contributed by atoms with Crippen LogP contribution >= 0.6 is 0 Å². The summed E-state index contributed by atoms with van der Waals surface area (Å²) in [5.74, 6) is 0.0992. The third kappa shape index (κ3) is 2.78. The van der Waals surface area contributed by atoms with Crippen LogP contribution in [0.25, 0.3) is 0 Å². The molecule has 0 bridgehead atoms. The Morgan fingerprint density at radius 2 is 1.81 bits per heavy atom. The van der Waals surface area contributed by atoms with Crippen molar-refractivity contribution in [3.63, 3.8) is 0 Å². The fourth-order valence-electron chi connectivity index (χ4n) is 7.26. The Hall–Kier alpha value is -1.58. The maximum absolute atomic E-state index is 11.8. The van der Waals surface area contributed by atoms with Crippen molar-refractivity contribution >= 4 is 11.9 Å². The first-order valence-corrected chi connectivity index (χ1v) is 10.6. The SMILES string of the molecule is CC(=O)OC(C(=O)O)=C1CC[C@H]2[C@@H]3CC=C4CCCC[C@]4(C)[C@H]3CC[C@]12C. The zero-order valence-electron chi connectivity index (χ0n) is 16.8. The van der Waals surface area contributed by atoms with Gasteiger partial charge in [0.05, 0.1) is 0 Å². The van der Waals surface area contributed by atoms with Crippen LogP contribution in [0.3, 0.4) is 0 Å². The first-order chi connectivity index (χ1) is 12.8. The summed E-state index contributed by atoms with van der Waals surface area (Å²) in [5, 5.41) is 9.67. The molecule has 148 valence electrons. The first kappa shape index (κ1) is 18.8. The normalized spacial score (nSPS) is 42.3. The Bertz CT molecular complexity index is 733. The lowest BCUT2D eigenvalue weighted by Gasteiger charge is -2.57. The lowest BCUT2D eigenvalue weighted by molar-refractivity contribution is -0.147. The fourth-order valence-corrected chi connectivity index (χ4v) is 7.26. The highest BCUT2D eigenvalue weighted by Crippen LogP contribution is 2.66. The van der Waals surface area contributed by atoms with Gasteiger partial charge in [-0.15, -0.1) is 0 Å². The molecular formula is C23H32O4. The molecule has 0 aromatic carbocycles. The molecule has 3 saturated carbocycles. The van der Waals surface area contributed by atoms with Gasteiger partial charge in [0.1, 0.15) is 0 Å². The van der Waals surface area contributed by atoms with Crippen molar-refractivity contribution in [1.82, 2.24) is 0 Å². The van der Waals surface area contributed by atoms with E-state index >= 15 is 0 Å². The van der Waals surface area contributed by atoms with Gasteiger partial charge in [0.15, 0.2) is 0 Å². The van der Waals surface area contributed by atoms with Crippen LogP contribution in [-0.4, -0.2) is 17.0 Å². The number of fused-ring (bicyclic) bond motifs is 5. The lowest BCUT2D eigenvalue weighted by atomic mass is 9.48. The molecule has 0 spiro atoms. The van der Waals surface area contributed by atoms with Crippen LogP contribution < -0.4 is 0 Å². The van der Waals surface area contributed by atoms with Crippen molar-refractivity contribution in [3.05, 3.63) is 23.0 Å². The third-order valence-electron chi connectivity index (χ3n) is 8.52. The summed E-state index contributed by atoms with van der Waals surface area (Å²) in [4.78, 5) is 23.3. The molecule has 3 fully saturated rings. The second-order valence-electron chi connectivity index (χ2n) is 9.67. The second kappa shape index (κ2) is 6.49. The summed E-state index contributed by atoms with van der Waals surface area (Å²) >= 11 is 0. The average molecular weight is 373 g/mol. The van der Waals surface area contributed by atoms with E-state index in [1.165, 1.54) is 32.6 Å². The van der Waals surface area contributed by atoms with E-state index in [0.29, 0.717) is 17.3 Å². The molecule has 0 heterocycles. The van der Waals surface area contributed by atoms with Gasteiger partial charge < -0.3 is 9.84 Å². The molecule has 4 aliphatic rings. The first-order valence-electron chi connectivity index (χ1n) is 10.6. The number of carbonyl (C=O) groups excluding carboxylic acids is 1. The molecule has 0 saturated heterocycles. The van der Waals surface area contributed by atoms with Crippen molar-refractivity contribution in [2.75, 3.05) is 0 Å². The zero-order chi connectivity index (χ0) is 19.4. The monoisotopic (exact) mass is 372 g/mol. The molecule has 4 aliphatic carbocycles. The fraction of sp³-hybridized carbons (Fsp3) is 0.739. The number of ether oxygens (including phenoxy) is 1. The number of aliphatic carboxylic acids is 1. The molecule has 0 aromatic rings. The van der Waals surface area contributed by atoms with E-state index in [0.717, 1.165) is 43.6 Å². The van der Waals surface area contributed by atoms with E-state index < -0.39 is 11.9 Å². The second-order valence-corrected chi connectivity index (χ2v) is 9.67. The van der Waals surface area contributed by atoms with E-state index in [1.807, 2.05) is 0 Å². The maximum Gasteiger partial charge on any atom is 0.371 e. The van der Waals surface area contributed by atoms with Crippen molar-refractivity contribution < 1.29 is 19.4 Å². The van der Waals surface area contributed by atoms with Gasteiger partial charge in [-0.05, 0) is 85.5 Å². The highest BCUT2D eigenvalue weighted by atomic mass is 16.6. The topological polar surface area (TPSA) is 63.6 Å². The Labute approximate surface area is 162 Å². The molecule has 0 unspecified atom stereocenters. The van der Waals surface area contributed by atoms with Gasteiger partial charge in [0.2, 0.25) is 5.76 Å². The summed E-state index contributed by atoms with van der Waals surface area (Å²) < 4.78 is 5.18. The standard InChI is InChI=1S/C23H32O4/c1-14(24)27-20(21(25)26)19-10-9-17-16-8-7-15-6-4-5-12-22(15,2)18(16)11-13-23(17,19)3/h7,16-18H,4-6,8-13H2,1-3H3,(H,25,26)/t16-,17-,18-,22-,23-/m0/s1. The molecule has 5 atom stereocenters. The van der Waals surface area contributed by atoms with E-state index in [-0.39, 0.29) is 11.2 Å². The van der Waals surface area contributed by atoms with Crippen molar-refractivity contribution in [2.45, 2.75) is 78.6 Å². The molecule has 0 aromatic heterocycles. The quantitative estimate of drug-likeness (QED) is 0.311. The molecule has 4 nitrogen and oxygen atoms in total. The number of hydrogen-bond donors (Lipinski definition) is 1. The molecule has 0 aliphatic heterocycles. The van der Waals surface area contributed by atoms with Crippen molar-refractivity contribution in [2.24, 2.45) is 28.6 Å². The molecule has 1 N–H and O–H groups in total. The number of carboxylic acids is 1. The molecule has 0 amide bonds. The van der Waals surface area contributed by atoms with Crippen LogP contribution in [0.5, 0.6) is 0 Å². The van der Waals surface area contributed by atoms with Gasteiger partial charge in [-0.1, -0.05) is 31.9 Å². The minimum absolute atomic E-state index is 0.0955. The largest absolute Gasteiger partial charge is 0.475 e. The van der Waals surface area contributed by atoms with Gasteiger partial charge in [0, 0.05) is 6.92 Å². The summed E-state index contributed by atoms with van der Waals surface area (Å²) in [7, 11) is 0. The van der Waals surface area contributed by atoms with Crippen LogP contribution in [-0.2, 0) is 14.3 Å². The molecular weight excluding hydrogens is 340 g/mol. The van der Waals surface area contributed by atoms with E-state index in [1.54, 1.807) is 5.57 Å². The number of esters is 1. The van der Waals surface area contributed by atoms with Crippen LogP contribution in [0, 0.1) is 28.6 Å². The summed E-state index contributed by atoms with van der Waals surface area (Å²) in [6, 6.07) is 0. The minimum Gasteiger partial charge on any atom is -0.475 e. The average Bonchev–Trinajstić information content (AvgIpc) is 2.95. The van der Waals surface area contributed by atoms with Crippen LogP contribution in [0.2, 0.25) is 0 Å². The van der Waals surface area contributed by atoms with Crippen LogP contribution in [0.15, 0.2) is 23.0 Å². The summed E-state index contributed by atoms with van der Waals surface area (Å²) in [6.07, 6.45) is 12.8. The number of carbonyl (C=O) groups is 2.